The molecule has 3 atom stereocenters. The van der Waals surface area contributed by atoms with E-state index < -0.39 is 18.2 Å². The zero-order valence-electron chi connectivity index (χ0n) is 20.6. The smallest absolute Gasteiger partial charge is 0.387 e. The lowest BCUT2D eigenvalue weighted by Gasteiger charge is -2.24. The highest BCUT2D eigenvalue weighted by atomic mass is 19.3. The third kappa shape index (κ3) is 3.16. The second-order valence-electron chi connectivity index (χ2n) is 10.4. The number of hydrogen-bond acceptors (Lipinski definition) is 6. The summed E-state index contributed by atoms with van der Waals surface area (Å²) in [6, 6.07) is 12.0. The van der Waals surface area contributed by atoms with Gasteiger partial charge in [-0.05, 0) is 54.3 Å². The summed E-state index contributed by atoms with van der Waals surface area (Å²) in [5.74, 6) is 0.487. The molecule has 2 aromatic carbocycles. The molecule has 2 aliphatic heterocycles. The minimum atomic E-state index is -3.01. The Labute approximate surface area is 216 Å². The van der Waals surface area contributed by atoms with Crippen molar-refractivity contribution in [3.8, 4) is 16.9 Å². The van der Waals surface area contributed by atoms with Gasteiger partial charge < -0.3 is 25.0 Å². The average Bonchev–Trinajstić information content (AvgIpc) is 3.55. The van der Waals surface area contributed by atoms with Gasteiger partial charge in [0.15, 0.2) is 0 Å². The van der Waals surface area contributed by atoms with E-state index in [-0.39, 0.29) is 24.3 Å². The molecule has 0 unspecified atom stereocenters. The zero-order chi connectivity index (χ0) is 26.3. The standard InChI is InChI=1S/C28H25F2N5O3/c1-34-21-11-20(23-17(26(34)37)3-2-4-22(23)38-27(29)30)35-19-10-14(5-6-18(19)33-25(21)35)16-9-15-7-8-28(31,13-36)24(15)32-12-16/h2-6,9-10,12,20-21,27,36H,7-8,11,13,31H2,1H3/t20-,21-,28+/m1/s1. The molecule has 7 rings (SSSR count). The van der Waals surface area contributed by atoms with Gasteiger partial charge in [-0.3, -0.25) is 9.78 Å². The Hall–Kier alpha value is -3.89. The number of imidazole rings is 1. The van der Waals surface area contributed by atoms with Crippen LogP contribution in [0.1, 0.15) is 57.9 Å². The van der Waals surface area contributed by atoms with Crippen molar-refractivity contribution in [2.24, 2.45) is 5.73 Å². The van der Waals surface area contributed by atoms with Gasteiger partial charge in [-0.25, -0.2) is 4.98 Å². The number of halogens is 2. The predicted molar refractivity (Wildman–Crippen MR) is 135 cm³/mol. The number of hydrogen-bond donors (Lipinski definition) is 2. The van der Waals surface area contributed by atoms with Gasteiger partial charge >= 0.3 is 6.61 Å². The number of alkyl halides is 2. The number of benzene rings is 2. The van der Waals surface area contributed by atoms with Crippen LogP contribution in [0.4, 0.5) is 8.78 Å². The molecular weight excluding hydrogens is 492 g/mol. The fourth-order valence-electron chi connectivity index (χ4n) is 6.40. The van der Waals surface area contributed by atoms with Crippen molar-refractivity contribution in [1.29, 1.82) is 0 Å². The number of fused-ring (bicyclic) bond motifs is 10. The minimum Gasteiger partial charge on any atom is -0.434 e. The minimum absolute atomic E-state index is 0.00716. The van der Waals surface area contributed by atoms with Crippen LogP contribution in [-0.2, 0) is 12.0 Å². The van der Waals surface area contributed by atoms with Gasteiger partial charge in [0.1, 0.15) is 11.6 Å². The highest BCUT2D eigenvalue weighted by Gasteiger charge is 2.45. The summed E-state index contributed by atoms with van der Waals surface area (Å²) in [6.45, 7) is -3.16. The Morgan fingerprint density at radius 2 is 2.05 bits per heavy atom. The Morgan fingerprint density at radius 1 is 1.21 bits per heavy atom. The first kappa shape index (κ1) is 23.2. The molecule has 4 heterocycles. The van der Waals surface area contributed by atoms with E-state index in [4.69, 9.17) is 15.5 Å². The zero-order valence-corrected chi connectivity index (χ0v) is 20.6. The Kier molecular flexibility index (Phi) is 4.93. The SMILES string of the molecule is CN1C(=O)c2cccc(OC(F)F)c2[C@H]2C[C@@H]1c1nc3ccc(-c4cnc5c(c4)CC[C@]5(N)CO)cc3n12. The van der Waals surface area contributed by atoms with Crippen LogP contribution in [-0.4, -0.2) is 50.7 Å². The Bertz CT molecular complexity index is 1640. The Balaban J connectivity index is 1.39. The molecule has 1 aliphatic carbocycles. The molecule has 38 heavy (non-hydrogen) atoms. The maximum absolute atomic E-state index is 13.3. The largest absolute Gasteiger partial charge is 0.434 e. The number of carbonyl (C=O) groups is 1. The van der Waals surface area contributed by atoms with Crippen molar-refractivity contribution in [2.75, 3.05) is 13.7 Å². The van der Waals surface area contributed by atoms with Crippen LogP contribution in [0.3, 0.4) is 0 Å². The van der Waals surface area contributed by atoms with Crippen LogP contribution in [0.2, 0.25) is 0 Å². The molecule has 0 radical (unpaired) electrons. The van der Waals surface area contributed by atoms with Gasteiger partial charge in [0.2, 0.25) is 0 Å². The third-order valence-corrected chi connectivity index (χ3v) is 8.30. The number of aliphatic hydroxyl groups is 1. The molecule has 8 nitrogen and oxygen atoms in total. The molecule has 1 amide bonds. The number of carbonyl (C=O) groups excluding carboxylic acids is 1. The lowest BCUT2D eigenvalue weighted by molar-refractivity contribution is -0.0507. The molecule has 0 spiro atoms. The number of aliphatic hydroxyl groups excluding tert-OH is 1. The second-order valence-corrected chi connectivity index (χ2v) is 10.4. The first-order valence-corrected chi connectivity index (χ1v) is 12.6. The number of aromatic nitrogens is 3. The molecule has 0 fully saturated rings. The third-order valence-electron chi connectivity index (χ3n) is 8.30. The number of pyridine rings is 1. The summed E-state index contributed by atoms with van der Waals surface area (Å²) in [6.07, 6.45) is 3.67. The quantitative estimate of drug-likeness (QED) is 0.425. The molecule has 4 aromatic rings. The van der Waals surface area contributed by atoms with Crippen molar-refractivity contribution in [3.63, 3.8) is 0 Å². The molecule has 10 heteroatoms. The van der Waals surface area contributed by atoms with E-state index in [1.165, 1.54) is 6.07 Å². The lowest BCUT2D eigenvalue weighted by atomic mass is 9.97. The van der Waals surface area contributed by atoms with Crippen LogP contribution >= 0.6 is 0 Å². The summed E-state index contributed by atoms with van der Waals surface area (Å²) in [5.41, 5.74) is 11.5. The molecule has 194 valence electrons. The van der Waals surface area contributed by atoms with E-state index in [1.54, 1.807) is 30.3 Å². The maximum atomic E-state index is 13.3. The number of rotatable bonds is 4. The van der Waals surface area contributed by atoms with E-state index in [0.717, 1.165) is 45.7 Å². The van der Waals surface area contributed by atoms with Crippen LogP contribution in [0.15, 0.2) is 48.7 Å². The van der Waals surface area contributed by atoms with Gasteiger partial charge in [0.05, 0.1) is 41.0 Å². The fourth-order valence-corrected chi connectivity index (χ4v) is 6.40. The van der Waals surface area contributed by atoms with Crippen molar-refractivity contribution in [1.82, 2.24) is 19.4 Å². The average molecular weight is 518 g/mol. The first-order valence-electron chi connectivity index (χ1n) is 12.6. The number of nitrogens with two attached hydrogens (primary N) is 1. The summed E-state index contributed by atoms with van der Waals surface area (Å²) in [5, 5.41) is 9.76. The van der Waals surface area contributed by atoms with Gasteiger partial charge in [-0.2, -0.15) is 8.78 Å². The number of aryl methyl sites for hydroxylation is 1. The van der Waals surface area contributed by atoms with Gasteiger partial charge in [0, 0.05) is 36.4 Å². The monoisotopic (exact) mass is 517 g/mol. The fraction of sp³-hybridized carbons (Fsp3) is 0.321. The van der Waals surface area contributed by atoms with E-state index in [0.29, 0.717) is 24.0 Å². The maximum Gasteiger partial charge on any atom is 0.387 e. The first-order chi connectivity index (χ1) is 18.3. The Morgan fingerprint density at radius 3 is 2.84 bits per heavy atom. The molecule has 2 bridgehead atoms. The van der Waals surface area contributed by atoms with Crippen molar-refractivity contribution in [2.45, 2.75) is 43.5 Å². The van der Waals surface area contributed by atoms with Crippen LogP contribution < -0.4 is 10.5 Å². The number of nitrogens with zero attached hydrogens (tertiary/aromatic N) is 4. The molecular formula is C28H25F2N5O3. The summed E-state index contributed by atoms with van der Waals surface area (Å²) >= 11 is 0. The lowest BCUT2D eigenvalue weighted by Crippen LogP contribution is -2.38. The van der Waals surface area contributed by atoms with Crippen molar-refractivity contribution >= 4 is 16.9 Å². The van der Waals surface area contributed by atoms with Gasteiger partial charge in [-0.15, -0.1) is 0 Å². The second kappa shape index (κ2) is 8.05. The summed E-state index contributed by atoms with van der Waals surface area (Å²) < 4.78 is 33.6. The number of amides is 1. The van der Waals surface area contributed by atoms with Crippen molar-refractivity contribution < 1.29 is 23.4 Å². The van der Waals surface area contributed by atoms with E-state index in [9.17, 15) is 18.7 Å². The van der Waals surface area contributed by atoms with Gasteiger partial charge in [0.25, 0.3) is 5.91 Å². The summed E-state index contributed by atoms with van der Waals surface area (Å²) in [4.78, 5) is 24.4. The van der Waals surface area contributed by atoms with Crippen LogP contribution in [0.5, 0.6) is 5.75 Å². The van der Waals surface area contributed by atoms with Crippen LogP contribution in [0, 0.1) is 0 Å². The van der Waals surface area contributed by atoms with Crippen LogP contribution in [0.25, 0.3) is 22.2 Å². The van der Waals surface area contributed by atoms with E-state index >= 15 is 0 Å². The molecule has 3 aliphatic rings. The highest BCUT2D eigenvalue weighted by Crippen LogP contribution is 2.50. The number of ether oxygens (including phenoxy) is 1. The van der Waals surface area contributed by atoms with E-state index in [2.05, 4.69) is 15.6 Å². The summed E-state index contributed by atoms with van der Waals surface area (Å²) in [7, 11) is 1.72. The molecule has 0 saturated heterocycles. The molecule has 3 N–H and O–H groups in total. The normalized spacial score (nSPS) is 23.5. The molecule has 0 saturated carbocycles. The predicted octanol–water partition coefficient (Wildman–Crippen LogP) is 3.91. The van der Waals surface area contributed by atoms with Crippen molar-refractivity contribution in [3.05, 3.63) is 76.9 Å². The topological polar surface area (TPSA) is 106 Å². The highest BCUT2D eigenvalue weighted by molar-refractivity contribution is 5.98. The van der Waals surface area contributed by atoms with Gasteiger partial charge in [-0.1, -0.05) is 12.1 Å². The van der Waals surface area contributed by atoms with E-state index in [1.807, 2.05) is 18.2 Å². The molecule has 2 aromatic heterocycles.